The van der Waals surface area contributed by atoms with E-state index >= 15 is 0 Å². The lowest BCUT2D eigenvalue weighted by Gasteiger charge is -1.87. The summed E-state index contributed by atoms with van der Waals surface area (Å²) < 4.78 is 0. The summed E-state index contributed by atoms with van der Waals surface area (Å²) in [6.45, 7) is 0. The van der Waals surface area contributed by atoms with Gasteiger partial charge in [0.15, 0.2) is 0 Å². The van der Waals surface area contributed by atoms with Crippen LogP contribution in [-0.4, -0.2) is 4.98 Å². The molecule has 1 nitrogen and oxygen atoms in total. The fraction of sp³-hybridized carbons (Fsp3) is 0.167. The van der Waals surface area contributed by atoms with E-state index in [-0.39, 0.29) is 24.0 Å². The number of hydrogen-bond donors (Lipinski definition) is 0. The Balaban J connectivity index is 0.000000640. The van der Waals surface area contributed by atoms with Crippen molar-refractivity contribution in [2.75, 3.05) is 0 Å². The zero-order valence-corrected chi connectivity index (χ0v) is 7.84. The molecule has 0 unspecified atom stereocenters. The summed E-state index contributed by atoms with van der Waals surface area (Å²) in [6.07, 6.45) is 3.47. The molecule has 1 aromatic heterocycles. The second kappa shape index (κ2) is 4.99. The first-order chi connectivity index (χ1) is 3.93. The van der Waals surface area contributed by atoms with E-state index in [0.29, 0.717) is 5.88 Å². The Hall–Kier alpha value is 0.170. The number of rotatable bonds is 1. The van der Waals surface area contributed by atoms with Crippen LogP contribution in [0.15, 0.2) is 24.5 Å². The molecule has 1 rings (SSSR count). The van der Waals surface area contributed by atoms with Crippen molar-refractivity contribution in [1.29, 1.82) is 0 Å². The second-order valence-corrected chi connectivity index (χ2v) is 1.76. The number of hydrogen-bond acceptors (Lipinski definition) is 1. The molecule has 1 heterocycles. The molecule has 0 saturated carbocycles. The predicted octanol–water partition coefficient (Wildman–Crippen LogP) is 2.44. The Bertz CT molecular complexity index is 154. The van der Waals surface area contributed by atoms with Crippen molar-refractivity contribution in [1.82, 2.24) is 4.98 Å². The Morgan fingerprint density at radius 1 is 1.33 bits per heavy atom. The topological polar surface area (TPSA) is 12.9 Å². The van der Waals surface area contributed by atoms with E-state index in [4.69, 9.17) is 11.6 Å². The van der Waals surface area contributed by atoms with Gasteiger partial charge in [0.1, 0.15) is 0 Å². The molecule has 0 aliphatic heterocycles. The van der Waals surface area contributed by atoms with Crippen LogP contribution in [0.1, 0.15) is 5.56 Å². The molecule has 0 aliphatic carbocycles. The molecule has 0 atom stereocenters. The van der Waals surface area contributed by atoms with Gasteiger partial charge in [-0.2, -0.15) is 0 Å². The van der Waals surface area contributed by atoms with Gasteiger partial charge in [0, 0.05) is 18.3 Å². The van der Waals surface area contributed by atoms with Crippen molar-refractivity contribution in [3.63, 3.8) is 0 Å². The largest absolute Gasteiger partial charge is 0.265 e. The number of pyridine rings is 1. The maximum absolute atomic E-state index is 5.50. The zero-order chi connectivity index (χ0) is 5.82. The third-order valence-corrected chi connectivity index (χ3v) is 1.21. The van der Waals surface area contributed by atoms with Crippen molar-refractivity contribution in [3.8, 4) is 0 Å². The second-order valence-electron chi connectivity index (χ2n) is 1.49. The molecule has 0 N–H and O–H groups in total. The normalized spacial score (nSPS) is 8.11. The van der Waals surface area contributed by atoms with Gasteiger partial charge >= 0.3 is 0 Å². The summed E-state index contributed by atoms with van der Waals surface area (Å²) in [5.74, 6) is 0.572. The molecule has 0 bridgehead atoms. The van der Waals surface area contributed by atoms with Crippen LogP contribution in [0.3, 0.4) is 0 Å². The molecule has 0 spiro atoms. The molecule has 0 amide bonds. The van der Waals surface area contributed by atoms with Gasteiger partial charge in [0.25, 0.3) is 0 Å². The van der Waals surface area contributed by atoms with Crippen LogP contribution in [0.5, 0.6) is 0 Å². The van der Waals surface area contributed by atoms with E-state index in [1.165, 1.54) is 0 Å². The minimum atomic E-state index is 0. The van der Waals surface area contributed by atoms with E-state index in [1.54, 1.807) is 12.4 Å². The highest BCUT2D eigenvalue weighted by atomic mass is 127. The highest BCUT2D eigenvalue weighted by Crippen LogP contribution is 1.98. The van der Waals surface area contributed by atoms with Crippen LogP contribution < -0.4 is 0 Å². The van der Waals surface area contributed by atoms with Crippen LogP contribution in [0.4, 0.5) is 0 Å². The van der Waals surface area contributed by atoms with Crippen molar-refractivity contribution >= 4 is 35.6 Å². The maximum Gasteiger partial charge on any atom is 0.0475 e. The van der Waals surface area contributed by atoms with E-state index < -0.39 is 0 Å². The number of alkyl halides is 1. The Morgan fingerprint density at radius 2 is 1.89 bits per heavy atom. The van der Waals surface area contributed by atoms with E-state index in [1.807, 2.05) is 12.1 Å². The highest BCUT2D eigenvalue weighted by molar-refractivity contribution is 14.0. The van der Waals surface area contributed by atoms with Gasteiger partial charge in [-0.25, -0.2) is 0 Å². The summed E-state index contributed by atoms with van der Waals surface area (Å²) in [7, 11) is 0. The van der Waals surface area contributed by atoms with Gasteiger partial charge in [-0.3, -0.25) is 4.98 Å². The molecule has 0 aromatic carbocycles. The van der Waals surface area contributed by atoms with Gasteiger partial charge in [0.2, 0.25) is 0 Å². The number of aromatic nitrogens is 1. The summed E-state index contributed by atoms with van der Waals surface area (Å²) >= 11 is 5.50. The molecule has 0 radical (unpaired) electrons. The average molecular weight is 255 g/mol. The van der Waals surface area contributed by atoms with Crippen molar-refractivity contribution < 1.29 is 0 Å². The molecular weight excluding hydrogens is 248 g/mol. The molecule has 0 saturated heterocycles. The monoisotopic (exact) mass is 255 g/mol. The summed E-state index contributed by atoms with van der Waals surface area (Å²) in [4.78, 5) is 3.83. The minimum Gasteiger partial charge on any atom is -0.265 e. The van der Waals surface area contributed by atoms with Crippen molar-refractivity contribution in [3.05, 3.63) is 30.1 Å². The lowest BCUT2D eigenvalue weighted by atomic mass is 10.3. The van der Waals surface area contributed by atoms with E-state index in [2.05, 4.69) is 4.98 Å². The molecule has 50 valence electrons. The van der Waals surface area contributed by atoms with Crippen molar-refractivity contribution in [2.45, 2.75) is 5.88 Å². The van der Waals surface area contributed by atoms with Crippen molar-refractivity contribution in [2.24, 2.45) is 0 Å². The predicted molar refractivity (Wildman–Crippen MR) is 49.2 cm³/mol. The van der Waals surface area contributed by atoms with Gasteiger partial charge in [-0.15, -0.1) is 35.6 Å². The fourth-order valence-corrected chi connectivity index (χ4v) is 0.650. The standard InChI is InChI=1S/C6H6ClN.HI/c7-5-6-1-3-8-4-2-6;/h1-4H,5H2;1H. The Morgan fingerprint density at radius 3 is 2.22 bits per heavy atom. The first kappa shape index (κ1) is 9.17. The molecule has 1 aromatic rings. The highest BCUT2D eigenvalue weighted by Gasteiger charge is 1.82. The molecule has 3 heteroatoms. The third-order valence-electron chi connectivity index (χ3n) is 0.904. The number of halogens is 2. The van der Waals surface area contributed by atoms with Gasteiger partial charge < -0.3 is 0 Å². The van der Waals surface area contributed by atoms with Gasteiger partial charge in [0.05, 0.1) is 0 Å². The fourth-order valence-electron chi connectivity index (χ4n) is 0.472. The number of nitrogens with zero attached hydrogens (tertiary/aromatic N) is 1. The SMILES string of the molecule is ClCc1ccncc1.I. The lowest BCUT2D eigenvalue weighted by molar-refractivity contribution is 1.27. The van der Waals surface area contributed by atoms with E-state index in [9.17, 15) is 0 Å². The summed E-state index contributed by atoms with van der Waals surface area (Å²) in [5, 5.41) is 0. The van der Waals surface area contributed by atoms with Crippen LogP contribution in [0.25, 0.3) is 0 Å². The molecular formula is C6H7ClIN. The van der Waals surface area contributed by atoms with Gasteiger partial charge in [-0.05, 0) is 17.7 Å². The van der Waals surface area contributed by atoms with Crippen LogP contribution in [0.2, 0.25) is 0 Å². The van der Waals surface area contributed by atoms with Crippen LogP contribution in [0, 0.1) is 0 Å². The first-order valence-electron chi connectivity index (χ1n) is 2.38. The molecule has 0 aliphatic rings. The lowest BCUT2D eigenvalue weighted by Crippen LogP contribution is -1.74. The third kappa shape index (κ3) is 3.01. The Kier molecular flexibility index (Phi) is 5.09. The Labute approximate surface area is 76.5 Å². The average Bonchev–Trinajstić information content (AvgIpc) is 1.90. The molecule has 0 fully saturated rings. The van der Waals surface area contributed by atoms with Crippen LogP contribution in [-0.2, 0) is 5.88 Å². The van der Waals surface area contributed by atoms with Gasteiger partial charge in [-0.1, -0.05) is 0 Å². The van der Waals surface area contributed by atoms with Crippen LogP contribution >= 0.6 is 35.6 Å². The smallest absolute Gasteiger partial charge is 0.0475 e. The van der Waals surface area contributed by atoms with E-state index in [0.717, 1.165) is 5.56 Å². The zero-order valence-electron chi connectivity index (χ0n) is 4.75. The summed E-state index contributed by atoms with van der Waals surface area (Å²) in [6, 6.07) is 3.79. The maximum atomic E-state index is 5.50. The quantitative estimate of drug-likeness (QED) is 0.555. The molecule has 9 heavy (non-hydrogen) atoms. The minimum absolute atomic E-state index is 0. The first-order valence-corrected chi connectivity index (χ1v) is 2.92. The summed E-state index contributed by atoms with van der Waals surface area (Å²) in [5.41, 5.74) is 1.11.